The van der Waals surface area contributed by atoms with E-state index in [1.54, 1.807) is 12.1 Å². The van der Waals surface area contributed by atoms with Crippen molar-refractivity contribution in [1.82, 2.24) is 4.90 Å². The Bertz CT molecular complexity index is 649. The molecule has 0 radical (unpaired) electrons. The minimum Gasteiger partial charge on any atom is -0.377 e. The Morgan fingerprint density at radius 1 is 1.04 bits per heavy atom. The molecule has 1 atom stereocenters. The van der Waals surface area contributed by atoms with Crippen LogP contribution in [0.2, 0.25) is 0 Å². The number of benzene rings is 2. The van der Waals surface area contributed by atoms with Crippen LogP contribution in [0, 0.1) is 0 Å². The lowest BCUT2D eigenvalue weighted by Crippen LogP contribution is -2.31. The lowest BCUT2D eigenvalue weighted by molar-refractivity contribution is 0.0679. The summed E-state index contributed by atoms with van der Waals surface area (Å²) in [6.07, 6.45) is 2.60. The van der Waals surface area contributed by atoms with Crippen molar-refractivity contribution in [3.8, 4) is 0 Å². The van der Waals surface area contributed by atoms with Crippen LogP contribution >= 0.6 is 0 Å². The second-order valence-corrected chi connectivity index (χ2v) is 6.35. The summed E-state index contributed by atoms with van der Waals surface area (Å²) in [6, 6.07) is 18.0. The highest BCUT2D eigenvalue weighted by molar-refractivity contribution is 5.92. The fourth-order valence-corrected chi connectivity index (χ4v) is 3.14. The first-order chi connectivity index (χ1) is 11.7. The number of carbonyl (C=O) groups excluding carboxylic acids is 1. The van der Waals surface area contributed by atoms with Gasteiger partial charge in [-0.3, -0.25) is 9.69 Å². The summed E-state index contributed by atoms with van der Waals surface area (Å²) in [5, 5.41) is 0. The Labute approximate surface area is 143 Å². The average molecular weight is 324 g/mol. The maximum Gasteiger partial charge on any atom is 0.248 e. The topological polar surface area (TPSA) is 55.6 Å². The summed E-state index contributed by atoms with van der Waals surface area (Å²) in [5.74, 6) is -0.387. The Morgan fingerprint density at radius 3 is 2.29 bits per heavy atom. The van der Waals surface area contributed by atoms with Gasteiger partial charge in [-0.25, -0.2) is 0 Å². The Hall–Kier alpha value is -2.17. The Morgan fingerprint density at radius 2 is 1.71 bits per heavy atom. The minimum absolute atomic E-state index is 0.318. The lowest BCUT2D eigenvalue weighted by Gasteiger charge is -2.25. The zero-order valence-electron chi connectivity index (χ0n) is 13.9. The molecule has 4 nitrogen and oxygen atoms in total. The molecule has 1 amide bonds. The number of nitrogens with two attached hydrogens (primary N) is 1. The van der Waals surface area contributed by atoms with E-state index in [1.165, 1.54) is 11.1 Å². The second-order valence-electron chi connectivity index (χ2n) is 6.35. The van der Waals surface area contributed by atoms with Crippen LogP contribution in [0.4, 0.5) is 0 Å². The molecule has 0 aliphatic carbocycles. The molecule has 1 saturated heterocycles. The standard InChI is InChI=1S/C20H24N2O2/c21-20(23)18-10-8-17(9-11-18)14-22(15-19-7-4-12-24-19)13-16-5-2-1-3-6-16/h1-3,5-6,8-11,19H,4,7,12-15H2,(H2,21,23). The van der Waals surface area contributed by atoms with Crippen molar-refractivity contribution in [1.29, 1.82) is 0 Å². The normalized spacial score (nSPS) is 17.3. The second kappa shape index (κ2) is 8.08. The molecule has 4 heteroatoms. The van der Waals surface area contributed by atoms with Crippen LogP contribution in [0.3, 0.4) is 0 Å². The van der Waals surface area contributed by atoms with Gasteiger partial charge in [0, 0.05) is 31.8 Å². The van der Waals surface area contributed by atoms with Gasteiger partial charge < -0.3 is 10.5 Å². The van der Waals surface area contributed by atoms with Gasteiger partial charge in [-0.1, -0.05) is 42.5 Å². The monoisotopic (exact) mass is 324 g/mol. The zero-order valence-corrected chi connectivity index (χ0v) is 13.9. The van der Waals surface area contributed by atoms with Gasteiger partial charge in [0.05, 0.1) is 6.10 Å². The quantitative estimate of drug-likeness (QED) is 0.852. The highest BCUT2D eigenvalue weighted by Crippen LogP contribution is 2.17. The van der Waals surface area contributed by atoms with Crippen LogP contribution in [0.15, 0.2) is 54.6 Å². The first-order valence-electron chi connectivity index (χ1n) is 8.47. The summed E-state index contributed by atoms with van der Waals surface area (Å²) in [6.45, 7) is 3.51. The van der Waals surface area contributed by atoms with E-state index in [1.807, 2.05) is 18.2 Å². The molecule has 24 heavy (non-hydrogen) atoms. The van der Waals surface area contributed by atoms with E-state index in [4.69, 9.17) is 10.5 Å². The molecule has 3 rings (SSSR count). The largest absolute Gasteiger partial charge is 0.377 e. The molecule has 0 aromatic heterocycles. The van der Waals surface area contributed by atoms with Gasteiger partial charge in [0.1, 0.15) is 0 Å². The van der Waals surface area contributed by atoms with E-state index in [2.05, 4.69) is 29.2 Å². The van der Waals surface area contributed by atoms with E-state index in [9.17, 15) is 4.79 Å². The lowest BCUT2D eigenvalue weighted by atomic mass is 10.1. The summed E-state index contributed by atoms with van der Waals surface area (Å²) >= 11 is 0. The molecular weight excluding hydrogens is 300 g/mol. The molecule has 2 N–H and O–H groups in total. The highest BCUT2D eigenvalue weighted by Gasteiger charge is 2.19. The number of amides is 1. The van der Waals surface area contributed by atoms with Crippen LogP contribution in [0.1, 0.15) is 34.3 Å². The SMILES string of the molecule is NC(=O)c1ccc(CN(Cc2ccccc2)CC2CCCO2)cc1. The van der Waals surface area contributed by atoms with Crippen molar-refractivity contribution < 1.29 is 9.53 Å². The molecule has 1 heterocycles. The van der Waals surface area contributed by atoms with Crippen LogP contribution in [0.25, 0.3) is 0 Å². The molecule has 2 aromatic carbocycles. The third-order valence-electron chi connectivity index (χ3n) is 4.38. The van der Waals surface area contributed by atoms with Crippen molar-refractivity contribution in [2.24, 2.45) is 5.73 Å². The van der Waals surface area contributed by atoms with Crippen molar-refractivity contribution in [2.75, 3.05) is 13.2 Å². The Balaban J connectivity index is 1.69. The van der Waals surface area contributed by atoms with E-state index in [0.29, 0.717) is 11.7 Å². The molecule has 1 unspecified atom stereocenters. The van der Waals surface area contributed by atoms with E-state index < -0.39 is 0 Å². The van der Waals surface area contributed by atoms with Gasteiger partial charge in [-0.05, 0) is 36.1 Å². The molecule has 1 aliphatic heterocycles. The smallest absolute Gasteiger partial charge is 0.248 e. The molecule has 1 aliphatic rings. The van der Waals surface area contributed by atoms with Crippen molar-refractivity contribution in [3.05, 3.63) is 71.3 Å². The molecule has 2 aromatic rings. The summed E-state index contributed by atoms with van der Waals surface area (Å²) < 4.78 is 5.81. The number of rotatable bonds is 7. The van der Waals surface area contributed by atoms with Crippen LogP contribution in [0.5, 0.6) is 0 Å². The fraction of sp³-hybridized carbons (Fsp3) is 0.350. The third kappa shape index (κ3) is 4.66. The van der Waals surface area contributed by atoms with Crippen molar-refractivity contribution in [2.45, 2.75) is 32.0 Å². The minimum atomic E-state index is -0.387. The van der Waals surface area contributed by atoms with Crippen LogP contribution in [-0.2, 0) is 17.8 Å². The molecule has 0 bridgehead atoms. The summed E-state index contributed by atoms with van der Waals surface area (Å²) in [7, 11) is 0. The van der Waals surface area contributed by atoms with Crippen molar-refractivity contribution in [3.63, 3.8) is 0 Å². The number of nitrogens with zero attached hydrogens (tertiary/aromatic N) is 1. The van der Waals surface area contributed by atoms with Crippen LogP contribution in [-0.4, -0.2) is 30.1 Å². The number of carbonyl (C=O) groups is 1. The van der Waals surface area contributed by atoms with Gasteiger partial charge in [-0.2, -0.15) is 0 Å². The third-order valence-corrected chi connectivity index (χ3v) is 4.38. The fourth-order valence-electron chi connectivity index (χ4n) is 3.14. The van der Waals surface area contributed by atoms with E-state index >= 15 is 0 Å². The summed E-state index contributed by atoms with van der Waals surface area (Å²) in [5.41, 5.74) is 8.33. The molecule has 0 spiro atoms. The average Bonchev–Trinajstić information content (AvgIpc) is 3.09. The first-order valence-corrected chi connectivity index (χ1v) is 8.47. The maximum atomic E-state index is 11.2. The van der Waals surface area contributed by atoms with E-state index in [0.717, 1.165) is 39.1 Å². The van der Waals surface area contributed by atoms with Crippen molar-refractivity contribution >= 4 is 5.91 Å². The summed E-state index contributed by atoms with van der Waals surface area (Å²) in [4.78, 5) is 13.6. The molecule has 1 fully saturated rings. The number of ether oxygens (including phenoxy) is 1. The highest BCUT2D eigenvalue weighted by atomic mass is 16.5. The van der Waals surface area contributed by atoms with Gasteiger partial charge in [0.15, 0.2) is 0 Å². The van der Waals surface area contributed by atoms with Crippen LogP contribution < -0.4 is 5.73 Å². The number of primary amides is 1. The predicted molar refractivity (Wildman–Crippen MR) is 94.5 cm³/mol. The molecule has 0 saturated carbocycles. The van der Waals surface area contributed by atoms with Gasteiger partial charge in [-0.15, -0.1) is 0 Å². The number of hydrogen-bond donors (Lipinski definition) is 1. The zero-order chi connectivity index (χ0) is 16.8. The first kappa shape index (κ1) is 16.7. The van der Waals surface area contributed by atoms with Gasteiger partial charge >= 0.3 is 0 Å². The maximum absolute atomic E-state index is 11.2. The Kier molecular flexibility index (Phi) is 5.62. The molecular formula is C20H24N2O2. The van der Waals surface area contributed by atoms with Gasteiger partial charge in [0.25, 0.3) is 0 Å². The van der Waals surface area contributed by atoms with E-state index in [-0.39, 0.29) is 5.91 Å². The van der Waals surface area contributed by atoms with Gasteiger partial charge in [0.2, 0.25) is 5.91 Å². The molecule has 126 valence electrons. The number of hydrogen-bond acceptors (Lipinski definition) is 3. The predicted octanol–water partition coefficient (Wildman–Crippen LogP) is 2.97.